The van der Waals surface area contributed by atoms with Crippen LogP contribution in [0.5, 0.6) is 17.2 Å². The van der Waals surface area contributed by atoms with Crippen molar-refractivity contribution in [3.05, 3.63) is 76.6 Å². The van der Waals surface area contributed by atoms with Crippen molar-refractivity contribution in [3.63, 3.8) is 0 Å². The fourth-order valence-electron chi connectivity index (χ4n) is 5.53. The van der Waals surface area contributed by atoms with Crippen molar-refractivity contribution in [2.45, 2.75) is 49.7 Å². The van der Waals surface area contributed by atoms with Gasteiger partial charge in [-0.1, -0.05) is 0 Å². The number of pyridine rings is 1. The highest BCUT2D eigenvalue weighted by molar-refractivity contribution is 7.92. The Kier molecular flexibility index (Phi) is 7.76. The number of nitro benzene ring substituents is 1. The zero-order valence-electron chi connectivity index (χ0n) is 24.3. The van der Waals surface area contributed by atoms with Crippen LogP contribution in [0.15, 0.2) is 65.8 Å². The number of nitro groups is 1. The SMILES string of the molecule is CCN(CC)c1ccc(C(=O)CS(=O)(=O)c2ccc(OC3COC4(CC4)C3)c([N+](=O)[O-])c2)c(Oc2cnc3[nH]ccc3c2)c1. The Hall–Kier alpha value is -4.49. The largest absolute Gasteiger partial charge is 0.481 e. The lowest BCUT2D eigenvalue weighted by atomic mass is 10.1. The second-order valence-corrected chi connectivity index (χ2v) is 13.0. The van der Waals surface area contributed by atoms with Gasteiger partial charge in [-0.15, -0.1) is 0 Å². The van der Waals surface area contributed by atoms with Gasteiger partial charge in [0, 0.05) is 48.9 Å². The molecule has 3 heterocycles. The van der Waals surface area contributed by atoms with E-state index < -0.39 is 32.0 Å². The van der Waals surface area contributed by atoms with Gasteiger partial charge in [0.1, 0.15) is 29.0 Å². The van der Waals surface area contributed by atoms with Crippen LogP contribution >= 0.6 is 0 Å². The minimum atomic E-state index is -4.28. The molecule has 1 N–H and O–H groups in total. The molecule has 1 unspecified atom stereocenters. The monoisotopic (exact) mass is 620 g/mol. The first-order valence-corrected chi connectivity index (χ1v) is 16.1. The first-order valence-electron chi connectivity index (χ1n) is 14.4. The van der Waals surface area contributed by atoms with E-state index in [9.17, 15) is 23.3 Å². The molecule has 1 aliphatic carbocycles. The van der Waals surface area contributed by atoms with Crippen LogP contribution in [0.2, 0.25) is 0 Å². The van der Waals surface area contributed by atoms with Gasteiger partial charge in [-0.25, -0.2) is 13.4 Å². The van der Waals surface area contributed by atoms with E-state index in [1.54, 1.807) is 30.5 Å². The average Bonchev–Trinajstić information content (AvgIpc) is 3.39. The molecule has 4 aromatic rings. The number of hydrogen-bond donors (Lipinski definition) is 1. The van der Waals surface area contributed by atoms with Gasteiger partial charge < -0.3 is 24.1 Å². The van der Waals surface area contributed by atoms with Gasteiger partial charge in [0.05, 0.1) is 33.8 Å². The van der Waals surface area contributed by atoms with Crippen LogP contribution in [-0.4, -0.2) is 66.2 Å². The second kappa shape index (κ2) is 11.5. The predicted molar refractivity (Wildman–Crippen MR) is 163 cm³/mol. The first-order chi connectivity index (χ1) is 21.1. The van der Waals surface area contributed by atoms with Gasteiger partial charge in [0.2, 0.25) is 0 Å². The van der Waals surface area contributed by atoms with Crippen LogP contribution in [0.4, 0.5) is 11.4 Å². The number of nitrogens with one attached hydrogen (secondary N) is 1. The lowest BCUT2D eigenvalue weighted by molar-refractivity contribution is -0.386. The number of sulfone groups is 1. The molecule has 1 spiro atoms. The van der Waals surface area contributed by atoms with Crippen molar-refractivity contribution < 1.29 is 32.3 Å². The quantitative estimate of drug-likeness (QED) is 0.123. The first kappa shape index (κ1) is 29.6. The average molecular weight is 621 g/mol. The Balaban J connectivity index is 1.27. The smallest absolute Gasteiger partial charge is 0.312 e. The normalized spacial score (nSPS) is 17.1. The predicted octanol–water partition coefficient (Wildman–Crippen LogP) is 5.47. The van der Waals surface area contributed by atoms with Crippen LogP contribution in [0.3, 0.4) is 0 Å². The van der Waals surface area contributed by atoms with Crippen LogP contribution < -0.4 is 14.4 Å². The van der Waals surface area contributed by atoms with Crippen molar-refractivity contribution in [2.75, 3.05) is 30.3 Å². The van der Waals surface area contributed by atoms with Gasteiger partial charge in [0.25, 0.3) is 0 Å². The van der Waals surface area contributed by atoms with Gasteiger partial charge in [0.15, 0.2) is 21.4 Å². The van der Waals surface area contributed by atoms with E-state index in [0.29, 0.717) is 37.5 Å². The number of fused-ring (bicyclic) bond motifs is 1. The van der Waals surface area contributed by atoms with Crippen molar-refractivity contribution >= 4 is 38.0 Å². The van der Waals surface area contributed by atoms with E-state index in [1.807, 2.05) is 19.9 Å². The fraction of sp³-hybridized carbons (Fsp3) is 0.355. The summed E-state index contributed by atoms with van der Waals surface area (Å²) in [4.78, 5) is 33.8. The molecule has 13 heteroatoms. The number of rotatable bonds is 12. The molecule has 1 aliphatic heterocycles. The maximum Gasteiger partial charge on any atom is 0.312 e. The summed E-state index contributed by atoms with van der Waals surface area (Å²) >= 11 is 0. The Morgan fingerprint density at radius 1 is 1.14 bits per heavy atom. The molecule has 2 aliphatic rings. The fourth-order valence-corrected chi connectivity index (χ4v) is 6.76. The Morgan fingerprint density at radius 2 is 1.93 bits per heavy atom. The van der Waals surface area contributed by atoms with Crippen LogP contribution in [-0.2, 0) is 14.6 Å². The number of ether oxygens (including phenoxy) is 3. The number of carbonyl (C=O) groups is 1. The number of H-pyrrole nitrogens is 1. The van der Waals surface area contributed by atoms with E-state index >= 15 is 0 Å². The number of hydrogen-bond acceptors (Lipinski definition) is 10. The summed E-state index contributed by atoms with van der Waals surface area (Å²) in [5, 5.41) is 12.7. The van der Waals surface area contributed by atoms with E-state index in [2.05, 4.69) is 14.9 Å². The highest BCUT2D eigenvalue weighted by atomic mass is 32.2. The third-order valence-corrected chi connectivity index (χ3v) is 9.70. The summed E-state index contributed by atoms with van der Waals surface area (Å²) in [6, 6.07) is 12.0. The highest BCUT2D eigenvalue weighted by Crippen LogP contribution is 2.48. The highest BCUT2D eigenvalue weighted by Gasteiger charge is 2.51. The van der Waals surface area contributed by atoms with Gasteiger partial charge in [-0.05, 0) is 63.1 Å². The maximum atomic E-state index is 13.6. The molecule has 2 aromatic heterocycles. The topological polar surface area (TPSA) is 154 Å². The minimum Gasteiger partial charge on any atom is -0.481 e. The number of aromatic amines is 1. The Bertz CT molecular complexity index is 1850. The lowest BCUT2D eigenvalue weighted by Gasteiger charge is -2.22. The molecule has 1 saturated carbocycles. The van der Waals surface area contributed by atoms with Gasteiger partial charge in [-0.2, -0.15) is 0 Å². The number of Topliss-reactive ketones (excluding diaryl/α,β-unsaturated/α-hetero) is 1. The number of anilines is 1. The number of ketones is 1. The maximum absolute atomic E-state index is 13.6. The molecule has 2 fully saturated rings. The second-order valence-electron chi connectivity index (χ2n) is 11.0. The van der Waals surface area contributed by atoms with Crippen LogP contribution in [0, 0.1) is 10.1 Å². The summed E-state index contributed by atoms with van der Waals surface area (Å²) in [6.07, 6.45) is 5.40. The Labute approximate surface area is 254 Å². The standard InChI is InChI=1S/C31H32N4O8S/c1-3-34(4-2)21-5-7-25(29(14-21)42-22-13-20-9-12-32-30(20)33-17-22)27(36)19-44(39,40)24-6-8-28(26(15-24)35(37)38)43-23-16-31(10-11-31)41-18-23/h5-9,12-15,17,23H,3-4,10-11,16,18-19H2,1-2H3,(H,32,33). The molecule has 230 valence electrons. The van der Waals surface area contributed by atoms with E-state index in [0.717, 1.165) is 30.0 Å². The number of aromatic nitrogens is 2. The van der Waals surface area contributed by atoms with Crippen molar-refractivity contribution in [3.8, 4) is 17.2 Å². The van der Waals surface area contributed by atoms with E-state index in [-0.39, 0.29) is 33.7 Å². The molecule has 0 bridgehead atoms. The molecule has 1 atom stereocenters. The minimum absolute atomic E-state index is 0.0396. The molecule has 44 heavy (non-hydrogen) atoms. The van der Waals surface area contributed by atoms with Crippen molar-refractivity contribution in [1.29, 1.82) is 0 Å². The summed E-state index contributed by atoms with van der Waals surface area (Å²) in [6.45, 7) is 5.74. The van der Waals surface area contributed by atoms with Gasteiger partial charge in [-0.3, -0.25) is 14.9 Å². The summed E-state index contributed by atoms with van der Waals surface area (Å²) in [5.41, 5.74) is 0.858. The van der Waals surface area contributed by atoms with Crippen molar-refractivity contribution in [1.82, 2.24) is 9.97 Å². The number of nitrogens with zero attached hydrogens (tertiary/aromatic N) is 3. The molecular formula is C31H32N4O8S. The molecule has 0 amide bonds. The molecule has 6 rings (SSSR count). The zero-order valence-corrected chi connectivity index (χ0v) is 25.1. The summed E-state index contributed by atoms with van der Waals surface area (Å²) in [5.74, 6) is -1.13. The number of carbonyl (C=O) groups excluding carboxylic acids is 1. The molecule has 1 saturated heterocycles. The zero-order chi connectivity index (χ0) is 31.1. The molecular weight excluding hydrogens is 588 g/mol. The molecule has 0 radical (unpaired) electrons. The Morgan fingerprint density at radius 3 is 2.64 bits per heavy atom. The third-order valence-electron chi connectivity index (χ3n) is 8.08. The van der Waals surface area contributed by atoms with Crippen LogP contribution in [0.25, 0.3) is 11.0 Å². The number of benzene rings is 2. The van der Waals surface area contributed by atoms with Crippen LogP contribution in [0.1, 0.15) is 43.5 Å². The summed E-state index contributed by atoms with van der Waals surface area (Å²) < 4.78 is 44.6. The summed E-state index contributed by atoms with van der Waals surface area (Å²) in [7, 11) is -4.28. The lowest BCUT2D eigenvalue weighted by Crippen LogP contribution is -2.22. The van der Waals surface area contributed by atoms with Gasteiger partial charge >= 0.3 is 5.69 Å². The molecule has 12 nitrogen and oxygen atoms in total. The van der Waals surface area contributed by atoms with E-state index in [1.165, 1.54) is 18.3 Å². The van der Waals surface area contributed by atoms with Crippen molar-refractivity contribution in [2.24, 2.45) is 0 Å². The van der Waals surface area contributed by atoms with E-state index in [4.69, 9.17) is 14.2 Å². The molecule has 2 aromatic carbocycles. The third kappa shape index (κ3) is 5.97.